The van der Waals surface area contributed by atoms with E-state index in [2.05, 4.69) is 130 Å². The van der Waals surface area contributed by atoms with Crippen molar-refractivity contribution in [3.8, 4) is 0 Å². The van der Waals surface area contributed by atoms with Crippen molar-refractivity contribution < 1.29 is 0 Å². The normalized spacial score (nSPS) is 11.5. The van der Waals surface area contributed by atoms with Crippen LogP contribution < -0.4 is 20.2 Å². The second-order valence-electron chi connectivity index (χ2n) is 7.79. The third-order valence-corrected chi connectivity index (χ3v) is 5.02. The van der Waals surface area contributed by atoms with Crippen molar-refractivity contribution in [1.82, 2.24) is 0 Å². The van der Waals surface area contributed by atoms with Gasteiger partial charge < -0.3 is 9.80 Å². The molecule has 0 saturated heterocycles. The molecule has 0 bridgehead atoms. The minimum absolute atomic E-state index is 1.02. The van der Waals surface area contributed by atoms with Gasteiger partial charge in [-0.05, 0) is 51.4 Å². The summed E-state index contributed by atoms with van der Waals surface area (Å²) in [6, 6.07) is 25.5. The van der Waals surface area contributed by atoms with Crippen LogP contribution >= 0.6 is 0 Å². The Morgan fingerprint density at radius 3 is 1.77 bits per heavy atom. The van der Waals surface area contributed by atoms with Crippen LogP contribution in [-0.4, -0.2) is 28.2 Å². The molecule has 0 aromatic heterocycles. The summed E-state index contributed by atoms with van der Waals surface area (Å²) in [7, 11) is 8.23. The van der Waals surface area contributed by atoms with Crippen LogP contribution in [0.25, 0.3) is 24.3 Å². The van der Waals surface area contributed by atoms with Crippen molar-refractivity contribution in [2.45, 2.75) is 0 Å². The van der Waals surface area contributed by atoms with Crippen molar-refractivity contribution in [3.63, 3.8) is 0 Å². The molecule has 0 aliphatic rings. The molecule has 0 radical (unpaired) electrons. The zero-order chi connectivity index (χ0) is 21.5. The smallest absolute Gasteiger partial charge is 0.0361 e. The number of hydrogen-bond donors (Lipinski definition) is 0. The maximum Gasteiger partial charge on any atom is 0.0361 e. The van der Waals surface area contributed by atoms with E-state index in [1.165, 1.54) is 22.5 Å². The van der Waals surface area contributed by atoms with Crippen LogP contribution in [0.3, 0.4) is 0 Å². The summed E-state index contributed by atoms with van der Waals surface area (Å²) in [5.74, 6) is 0. The molecule has 3 aromatic rings. The van der Waals surface area contributed by atoms with E-state index in [1.54, 1.807) is 0 Å². The summed E-state index contributed by atoms with van der Waals surface area (Å²) >= 11 is 0. The molecule has 0 fully saturated rings. The molecule has 0 saturated carbocycles. The van der Waals surface area contributed by atoms with Crippen LogP contribution in [0.1, 0.15) is 11.1 Å². The summed E-state index contributed by atoms with van der Waals surface area (Å²) in [6.45, 7) is 3.96. The molecule has 0 heterocycles. The summed E-state index contributed by atoms with van der Waals surface area (Å²) in [6.07, 6.45) is 8.67. The maximum atomic E-state index is 3.96. The summed E-state index contributed by atoms with van der Waals surface area (Å²) in [5.41, 5.74) is 5.92. The molecular formula is C28H30N2. The van der Waals surface area contributed by atoms with E-state index in [0.717, 1.165) is 16.0 Å². The summed E-state index contributed by atoms with van der Waals surface area (Å²) < 4.78 is 0. The van der Waals surface area contributed by atoms with Gasteiger partial charge >= 0.3 is 0 Å². The van der Waals surface area contributed by atoms with Gasteiger partial charge in [0.15, 0.2) is 0 Å². The Bertz CT molecular complexity index is 1110. The molecular weight excluding hydrogens is 364 g/mol. The van der Waals surface area contributed by atoms with E-state index in [4.69, 9.17) is 0 Å². The lowest BCUT2D eigenvalue weighted by Crippen LogP contribution is -2.08. The Labute approximate surface area is 180 Å². The van der Waals surface area contributed by atoms with Gasteiger partial charge in [-0.25, -0.2) is 0 Å². The second-order valence-corrected chi connectivity index (χ2v) is 7.79. The van der Waals surface area contributed by atoms with Crippen LogP contribution in [0.15, 0.2) is 84.9 Å². The topological polar surface area (TPSA) is 6.48 Å². The van der Waals surface area contributed by atoms with Crippen LogP contribution in [0.2, 0.25) is 0 Å². The number of anilines is 2. The zero-order valence-corrected chi connectivity index (χ0v) is 18.3. The Morgan fingerprint density at radius 2 is 1.23 bits per heavy atom. The molecule has 2 nitrogen and oxygen atoms in total. The lowest BCUT2D eigenvalue weighted by molar-refractivity contribution is 1.13. The Kier molecular flexibility index (Phi) is 6.92. The molecule has 0 aliphatic carbocycles. The number of allylic oxidation sites excluding steroid dienone is 3. The van der Waals surface area contributed by atoms with E-state index >= 15 is 0 Å². The average molecular weight is 395 g/mol. The van der Waals surface area contributed by atoms with Gasteiger partial charge in [-0.1, -0.05) is 79.4 Å². The molecule has 30 heavy (non-hydrogen) atoms. The minimum atomic E-state index is 1.02. The molecule has 0 N–H and O–H groups in total. The fourth-order valence-electron chi connectivity index (χ4n) is 3.08. The zero-order valence-electron chi connectivity index (χ0n) is 18.3. The van der Waals surface area contributed by atoms with Gasteiger partial charge in [-0.15, -0.1) is 0 Å². The molecule has 0 amide bonds. The molecule has 0 spiro atoms. The first-order valence-corrected chi connectivity index (χ1v) is 10.1. The van der Waals surface area contributed by atoms with Crippen molar-refractivity contribution >= 4 is 35.7 Å². The largest absolute Gasteiger partial charge is 0.378 e. The SMILES string of the molecule is C=c1ccc(=C/C=C(/C=C/c2ccc(N(C)C)cc2)c2ccc(N(C)C)cc2)cc1. The van der Waals surface area contributed by atoms with Gasteiger partial charge in [0.25, 0.3) is 0 Å². The predicted octanol–water partition coefficient (Wildman–Crippen LogP) is 4.81. The van der Waals surface area contributed by atoms with Gasteiger partial charge in [0, 0.05) is 39.6 Å². The van der Waals surface area contributed by atoms with Crippen LogP contribution in [0.5, 0.6) is 0 Å². The monoisotopic (exact) mass is 394 g/mol. The van der Waals surface area contributed by atoms with Crippen molar-refractivity contribution in [1.29, 1.82) is 0 Å². The summed E-state index contributed by atoms with van der Waals surface area (Å²) in [5, 5.41) is 2.19. The second kappa shape index (κ2) is 9.80. The molecule has 152 valence electrons. The number of benzene rings is 3. The molecule has 0 atom stereocenters. The highest BCUT2D eigenvalue weighted by Gasteiger charge is 2.00. The first-order chi connectivity index (χ1) is 14.4. The van der Waals surface area contributed by atoms with Crippen molar-refractivity contribution in [3.05, 3.63) is 107 Å². The number of hydrogen-bond acceptors (Lipinski definition) is 2. The van der Waals surface area contributed by atoms with Gasteiger partial charge in [0.1, 0.15) is 0 Å². The van der Waals surface area contributed by atoms with Gasteiger partial charge in [0.05, 0.1) is 0 Å². The molecule has 0 aliphatic heterocycles. The Hall–Kier alpha value is -3.52. The fraction of sp³-hybridized carbons (Fsp3) is 0.143. The lowest BCUT2D eigenvalue weighted by atomic mass is 10.0. The van der Waals surface area contributed by atoms with Gasteiger partial charge in [-0.2, -0.15) is 0 Å². The quantitative estimate of drug-likeness (QED) is 0.554. The minimum Gasteiger partial charge on any atom is -0.378 e. The fourth-order valence-corrected chi connectivity index (χ4v) is 3.08. The van der Waals surface area contributed by atoms with E-state index in [-0.39, 0.29) is 0 Å². The van der Waals surface area contributed by atoms with E-state index < -0.39 is 0 Å². The molecule has 2 heteroatoms. The highest BCUT2D eigenvalue weighted by molar-refractivity contribution is 5.83. The third kappa shape index (κ3) is 5.74. The third-order valence-electron chi connectivity index (χ3n) is 5.02. The highest BCUT2D eigenvalue weighted by Crippen LogP contribution is 2.22. The van der Waals surface area contributed by atoms with Crippen LogP contribution in [0.4, 0.5) is 11.4 Å². The highest BCUT2D eigenvalue weighted by atomic mass is 15.1. The Morgan fingerprint density at radius 1 is 0.700 bits per heavy atom. The van der Waals surface area contributed by atoms with E-state index in [9.17, 15) is 0 Å². The summed E-state index contributed by atoms with van der Waals surface area (Å²) in [4.78, 5) is 4.22. The molecule has 0 unspecified atom stereocenters. The van der Waals surface area contributed by atoms with E-state index in [1.807, 2.05) is 12.1 Å². The van der Waals surface area contributed by atoms with Gasteiger partial charge in [0.2, 0.25) is 0 Å². The Balaban J connectivity index is 1.95. The average Bonchev–Trinajstić information content (AvgIpc) is 2.75. The first kappa shape index (κ1) is 21.2. The number of nitrogens with zero attached hydrogens (tertiary/aromatic N) is 2. The lowest BCUT2D eigenvalue weighted by Gasteiger charge is -2.13. The maximum absolute atomic E-state index is 3.96. The van der Waals surface area contributed by atoms with Gasteiger partial charge in [-0.3, -0.25) is 0 Å². The standard InChI is InChI=1S/C28H30N2/c1-22-6-8-23(9-7-22)10-14-25(26-16-20-28(21-17-26)30(4)5)15-11-24-12-18-27(19-13-24)29(2)3/h6-21H,1H2,2-5H3/b15-11+,25-14-. The van der Waals surface area contributed by atoms with Crippen LogP contribution in [-0.2, 0) is 0 Å². The van der Waals surface area contributed by atoms with Crippen molar-refractivity contribution in [2.75, 3.05) is 38.0 Å². The van der Waals surface area contributed by atoms with E-state index in [0.29, 0.717) is 0 Å². The van der Waals surface area contributed by atoms with Crippen molar-refractivity contribution in [2.24, 2.45) is 0 Å². The molecule has 3 rings (SSSR count). The predicted molar refractivity (Wildman–Crippen MR) is 134 cm³/mol. The van der Waals surface area contributed by atoms with Crippen LogP contribution in [0, 0.1) is 0 Å². The number of rotatable bonds is 6. The molecule has 3 aromatic carbocycles. The first-order valence-electron chi connectivity index (χ1n) is 10.1.